The molecule has 0 bridgehead atoms. The quantitative estimate of drug-likeness (QED) is 0.274. The smallest absolute Gasteiger partial charge is 0.377 e. The first-order valence-electron chi connectivity index (χ1n) is 8.73. The van der Waals surface area contributed by atoms with E-state index in [1.165, 1.54) is 0 Å². The van der Waals surface area contributed by atoms with Crippen molar-refractivity contribution in [3.8, 4) is 0 Å². The van der Waals surface area contributed by atoms with Crippen molar-refractivity contribution >= 4 is 32.3 Å². The Morgan fingerprint density at radius 3 is 2.27 bits per heavy atom. The minimum Gasteiger partial charge on any atom is -0.377 e. The first kappa shape index (κ1) is 22.4. The van der Waals surface area contributed by atoms with Crippen LogP contribution in [0.1, 0.15) is 39.0 Å². The normalized spacial score (nSPS) is 14.8. The summed E-state index contributed by atoms with van der Waals surface area (Å²) in [4.78, 5) is 47.5. The summed E-state index contributed by atoms with van der Waals surface area (Å²) < 4.78 is 16.3. The van der Waals surface area contributed by atoms with E-state index in [-0.39, 0.29) is 55.7 Å². The number of nitrogens with zero attached hydrogens (tertiary/aromatic N) is 1. The van der Waals surface area contributed by atoms with E-state index in [1.807, 2.05) is 6.92 Å². The Balaban J connectivity index is 2.23. The van der Waals surface area contributed by atoms with Crippen LogP contribution in [0.3, 0.4) is 0 Å². The zero-order valence-corrected chi connectivity index (χ0v) is 16.7. The summed E-state index contributed by atoms with van der Waals surface area (Å²) in [5.74, 6) is -1.21. The summed E-state index contributed by atoms with van der Waals surface area (Å²) in [6.45, 7) is 2.53. The van der Waals surface area contributed by atoms with Crippen LogP contribution in [-0.2, 0) is 32.5 Å². The second-order valence-corrected chi connectivity index (χ2v) is 8.86. The minimum absolute atomic E-state index is 0.00330. The molecule has 0 radical (unpaired) electrons. The molecule has 1 aliphatic heterocycles. The molecule has 0 aromatic carbocycles. The van der Waals surface area contributed by atoms with Gasteiger partial charge in [0, 0.05) is 59.1 Å². The number of carbonyl (C=O) groups is 4. The molecule has 1 rings (SSSR count). The Bertz CT molecular complexity index is 507. The molecule has 9 nitrogen and oxygen atoms in total. The third-order valence-corrected chi connectivity index (χ3v) is 7.03. The van der Waals surface area contributed by atoms with Crippen molar-refractivity contribution in [3.63, 3.8) is 0 Å². The maximum atomic E-state index is 11.8. The zero-order chi connectivity index (χ0) is 19.6. The molecule has 0 unspecified atom stereocenters. The van der Waals surface area contributed by atoms with Crippen LogP contribution < -0.4 is 5.32 Å². The molecular weight excluding hydrogens is 360 g/mol. The van der Waals surface area contributed by atoms with Gasteiger partial charge in [0.15, 0.2) is 5.78 Å². The number of nitrogens with one attached hydrogen (secondary N) is 1. The molecule has 1 N–H and O–H groups in total. The number of Topliss-reactive ketones (excluding diaryl/α,β-unsaturated/α-hetero) is 1. The molecule has 1 saturated heterocycles. The summed E-state index contributed by atoms with van der Waals surface area (Å²) in [7, 11) is 0.433. The number of carbonyl (C=O) groups excluding carboxylic acids is 4. The number of amides is 3. The largest absolute Gasteiger partial charge is 0.500 e. The van der Waals surface area contributed by atoms with Crippen LogP contribution in [0.2, 0.25) is 6.04 Å². The van der Waals surface area contributed by atoms with Gasteiger partial charge in [-0.1, -0.05) is 0 Å². The van der Waals surface area contributed by atoms with Gasteiger partial charge in [-0.15, -0.1) is 0 Å². The van der Waals surface area contributed by atoms with Crippen molar-refractivity contribution in [2.75, 3.05) is 33.9 Å². The highest BCUT2D eigenvalue weighted by Crippen LogP contribution is 2.15. The number of ketones is 1. The third-order valence-electron chi connectivity index (χ3n) is 4.09. The highest BCUT2D eigenvalue weighted by atomic mass is 28.4. The molecule has 1 fully saturated rings. The third kappa shape index (κ3) is 6.94. The number of rotatable bonds is 13. The van der Waals surface area contributed by atoms with Crippen LogP contribution in [0.5, 0.6) is 0 Å². The summed E-state index contributed by atoms with van der Waals surface area (Å²) in [5.41, 5.74) is 0. The Labute approximate surface area is 154 Å². The van der Waals surface area contributed by atoms with Crippen LogP contribution in [0.15, 0.2) is 0 Å². The number of hydrogen-bond acceptors (Lipinski definition) is 7. The lowest BCUT2D eigenvalue weighted by atomic mass is 10.2. The average molecular weight is 388 g/mol. The fourth-order valence-corrected chi connectivity index (χ4v) is 4.63. The molecule has 0 saturated carbocycles. The van der Waals surface area contributed by atoms with E-state index in [2.05, 4.69) is 5.32 Å². The minimum atomic E-state index is -2.66. The van der Waals surface area contributed by atoms with Crippen molar-refractivity contribution in [1.82, 2.24) is 10.2 Å². The first-order valence-corrected chi connectivity index (χ1v) is 10.7. The van der Waals surface area contributed by atoms with Crippen LogP contribution in [0.4, 0.5) is 0 Å². The van der Waals surface area contributed by atoms with E-state index >= 15 is 0 Å². The molecule has 0 aromatic rings. The van der Waals surface area contributed by atoms with E-state index < -0.39 is 8.80 Å². The zero-order valence-electron chi connectivity index (χ0n) is 15.7. The Morgan fingerprint density at radius 2 is 1.73 bits per heavy atom. The molecule has 0 spiro atoms. The second kappa shape index (κ2) is 11.2. The fourth-order valence-electron chi connectivity index (χ4n) is 2.63. The van der Waals surface area contributed by atoms with Crippen molar-refractivity contribution in [2.24, 2.45) is 0 Å². The van der Waals surface area contributed by atoms with Crippen LogP contribution in [-0.4, -0.2) is 71.1 Å². The molecule has 0 aliphatic carbocycles. The summed E-state index contributed by atoms with van der Waals surface area (Å²) in [6.07, 6.45) is 0.961. The second-order valence-electron chi connectivity index (χ2n) is 5.89. The van der Waals surface area contributed by atoms with Gasteiger partial charge in [0.2, 0.25) is 17.7 Å². The SMILES string of the molecule is CCO[Si](CCCNC(=O)CCC(=O)CN1C(=O)CCC1=O)(OC)OC. The molecule has 1 heterocycles. The standard InChI is InChI=1S/C16H28N2O7Si/c1-4-25-26(23-2,24-3)11-5-10-17-14(20)7-6-13(19)12-18-15(21)8-9-16(18)22/h4-12H2,1-3H3,(H,17,20). The van der Waals surface area contributed by atoms with Gasteiger partial charge in [-0.05, 0) is 13.3 Å². The summed E-state index contributed by atoms with van der Waals surface area (Å²) in [5, 5.41) is 2.73. The van der Waals surface area contributed by atoms with Gasteiger partial charge in [-0.25, -0.2) is 0 Å². The van der Waals surface area contributed by atoms with Gasteiger partial charge >= 0.3 is 8.80 Å². The van der Waals surface area contributed by atoms with Gasteiger partial charge in [0.25, 0.3) is 0 Å². The van der Waals surface area contributed by atoms with Crippen LogP contribution >= 0.6 is 0 Å². The highest BCUT2D eigenvalue weighted by molar-refractivity contribution is 6.60. The van der Waals surface area contributed by atoms with E-state index in [4.69, 9.17) is 13.3 Å². The summed E-state index contributed by atoms with van der Waals surface area (Å²) in [6, 6.07) is 0.576. The van der Waals surface area contributed by atoms with Gasteiger partial charge in [0.1, 0.15) is 0 Å². The van der Waals surface area contributed by atoms with E-state index in [9.17, 15) is 19.2 Å². The van der Waals surface area contributed by atoms with Gasteiger partial charge in [0.05, 0.1) is 6.54 Å². The molecule has 3 amide bonds. The maximum absolute atomic E-state index is 11.8. The number of hydrogen-bond donors (Lipinski definition) is 1. The molecule has 0 atom stereocenters. The monoisotopic (exact) mass is 388 g/mol. The van der Waals surface area contributed by atoms with Crippen LogP contribution in [0, 0.1) is 0 Å². The molecule has 1 aliphatic rings. The van der Waals surface area contributed by atoms with Crippen molar-refractivity contribution in [3.05, 3.63) is 0 Å². The lowest BCUT2D eigenvalue weighted by molar-refractivity contribution is -0.141. The Morgan fingerprint density at radius 1 is 1.12 bits per heavy atom. The van der Waals surface area contributed by atoms with Crippen molar-refractivity contribution < 1.29 is 32.5 Å². The van der Waals surface area contributed by atoms with Gasteiger partial charge in [-0.3, -0.25) is 24.1 Å². The maximum Gasteiger partial charge on any atom is 0.500 e. The summed E-state index contributed by atoms with van der Waals surface area (Å²) >= 11 is 0. The lowest BCUT2D eigenvalue weighted by Crippen LogP contribution is -2.44. The van der Waals surface area contributed by atoms with Gasteiger partial charge < -0.3 is 18.6 Å². The van der Waals surface area contributed by atoms with Crippen molar-refractivity contribution in [1.29, 1.82) is 0 Å². The number of imide groups is 1. The van der Waals surface area contributed by atoms with Crippen LogP contribution in [0.25, 0.3) is 0 Å². The van der Waals surface area contributed by atoms with E-state index in [0.717, 1.165) is 4.90 Å². The highest BCUT2D eigenvalue weighted by Gasteiger charge is 2.37. The van der Waals surface area contributed by atoms with E-state index in [0.29, 0.717) is 25.6 Å². The first-order chi connectivity index (χ1) is 12.4. The molecule has 0 aromatic heterocycles. The molecule has 26 heavy (non-hydrogen) atoms. The Kier molecular flexibility index (Phi) is 9.63. The fraction of sp³-hybridized carbons (Fsp3) is 0.750. The molecule has 10 heteroatoms. The predicted octanol–water partition coefficient (Wildman–Crippen LogP) is 0.259. The average Bonchev–Trinajstić information content (AvgIpc) is 2.94. The van der Waals surface area contributed by atoms with Crippen molar-refractivity contribution in [2.45, 2.75) is 45.1 Å². The lowest BCUT2D eigenvalue weighted by Gasteiger charge is -2.25. The Hall–Kier alpha value is -1.62. The molecule has 148 valence electrons. The topological polar surface area (TPSA) is 111 Å². The molecular formula is C16H28N2O7Si. The number of likely N-dealkylation sites (tertiary alicyclic amines) is 1. The van der Waals surface area contributed by atoms with E-state index in [1.54, 1.807) is 14.2 Å². The predicted molar refractivity (Wildman–Crippen MR) is 94.0 cm³/mol. The van der Waals surface area contributed by atoms with Gasteiger partial charge in [-0.2, -0.15) is 0 Å².